The molecule has 2 rings (SSSR count). The summed E-state index contributed by atoms with van der Waals surface area (Å²) in [7, 11) is 0. The topological polar surface area (TPSA) is 62.2 Å². The van der Waals surface area contributed by atoms with E-state index in [1.165, 1.54) is 6.42 Å². The third-order valence-corrected chi connectivity index (χ3v) is 4.80. The van der Waals surface area contributed by atoms with Crippen molar-refractivity contribution in [2.45, 2.75) is 64.0 Å². The van der Waals surface area contributed by atoms with Gasteiger partial charge in [0.25, 0.3) is 0 Å². The van der Waals surface area contributed by atoms with Gasteiger partial charge in [0, 0.05) is 11.1 Å². The Morgan fingerprint density at radius 2 is 2.21 bits per heavy atom. The molecule has 1 aromatic rings. The Hall–Kier alpha value is -0.940. The smallest absolute Gasteiger partial charge is 0.223 e. The fourth-order valence-corrected chi connectivity index (χ4v) is 3.41. The number of amides is 1. The highest BCUT2D eigenvalue weighted by atomic mass is 32.1. The molecule has 0 aliphatic heterocycles. The van der Waals surface area contributed by atoms with Crippen LogP contribution in [-0.2, 0) is 4.79 Å². The largest absolute Gasteiger partial charge is 0.389 e. The van der Waals surface area contributed by atoms with Crippen molar-refractivity contribution in [1.29, 1.82) is 0 Å². The normalized spacial score (nSPS) is 19.9. The summed E-state index contributed by atoms with van der Waals surface area (Å²) < 4.78 is 0. The molecule has 2 N–H and O–H groups in total. The molecule has 0 aromatic carbocycles. The van der Waals surface area contributed by atoms with Crippen molar-refractivity contribution >= 4 is 17.2 Å². The molecule has 1 amide bonds. The first-order chi connectivity index (χ1) is 8.98. The summed E-state index contributed by atoms with van der Waals surface area (Å²) in [6, 6.07) is -0.0848. The van der Waals surface area contributed by atoms with Crippen LogP contribution in [0.25, 0.3) is 0 Å². The standard InChI is InChI=1S/C14H22N2O2S/c1-10-9-19-13(15-10)11(2)16-12(17)8-14(18)6-4-3-5-7-14/h9,11,18H,3-8H2,1-2H3,(H,16,17). The highest BCUT2D eigenvalue weighted by Crippen LogP contribution is 2.31. The van der Waals surface area contributed by atoms with Gasteiger partial charge >= 0.3 is 0 Å². The second-order valence-electron chi connectivity index (χ2n) is 5.58. The Bertz CT molecular complexity index is 438. The molecule has 19 heavy (non-hydrogen) atoms. The van der Waals surface area contributed by atoms with E-state index in [2.05, 4.69) is 10.3 Å². The molecular formula is C14H22N2O2S. The van der Waals surface area contributed by atoms with Crippen LogP contribution in [0.4, 0.5) is 0 Å². The van der Waals surface area contributed by atoms with Crippen LogP contribution >= 0.6 is 11.3 Å². The van der Waals surface area contributed by atoms with Gasteiger partial charge in [-0.05, 0) is 26.7 Å². The van der Waals surface area contributed by atoms with Crippen LogP contribution in [0.1, 0.15) is 62.2 Å². The molecule has 1 aromatic heterocycles. The number of nitrogens with one attached hydrogen (secondary N) is 1. The molecule has 1 aliphatic carbocycles. The van der Waals surface area contributed by atoms with Gasteiger partial charge in [-0.15, -0.1) is 11.3 Å². The Morgan fingerprint density at radius 3 is 2.79 bits per heavy atom. The predicted molar refractivity (Wildman–Crippen MR) is 76.1 cm³/mol. The quantitative estimate of drug-likeness (QED) is 0.892. The highest BCUT2D eigenvalue weighted by molar-refractivity contribution is 7.09. The van der Waals surface area contributed by atoms with Crippen molar-refractivity contribution in [2.75, 3.05) is 0 Å². The zero-order chi connectivity index (χ0) is 13.9. The van der Waals surface area contributed by atoms with Gasteiger partial charge in [-0.3, -0.25) is 4.79 Å². The van der Waals surface area contributed by atoms with Crippen LogP contribution in [0.3, 0.4) is 0 Å². The molecule has 1 atom stereocenters. The summed E-state index contributed by atoms with van der Waals surface area (Å²) in [6.45, 7) is 3.88. The summed E-state index contributed by atoms with van der Waals surface area (Å²) >= 11 is 1.56. The molecule has 0 saturated heterocycles. The van der Waals surface area contributed by atoms with Crippen molar-refractivity contribution in [3.63, 3.8) is 0 Å². The number of rotatable bonds is 4. The average molecular weight is 282 g/mol. The van der Waals surface area contributed by atoms with E-state index in [1.54, 1.807) is 11.3 Å². The maximum Gasteiger partial charge on any atom is 0.223 e. The Kier molecular flexibility index (Phi) is 4.58. The number of aromatic nitrogens is 1. The summed E-state index contributed by atoms with van der Waals surface area (Å²) in [5.41, 5.74) is 0.188. The number of aryl methyl sites for hydroxylation is 1. The van der Waals surface area contributed by atoms with E-state index in [-0.39, 0.29) is 18.4 Å². The summed E-state index contributed by atoms with van der Waals surface area (Å²) in [5, 5.41) is 16.2. The van der Waals surface area contributed by atoms with Crippen molar-refractivity contribution in [3.8, 4) is 0 Å². The zero-order valence-corrected chi connectivity index (χ0v) is 12.4. The molecule has 0 bridgehead atoms. The fraction of sp³-hybridized carbons (Fsp3) is 0.714. The molecule has 5 heteroatoms. The van der Waals surface area contributed by atoms with Gasteiger partial charge in [0.2, 0.25) is 5.91 Å². The van der Waals surface area contributed by atoms with Crippen LogP contribution < -0.4 is 5.32 Å². The van der Waals surface area contributed by atoms with Gasteiger partial charge < -0.3 is 10.4 Å². The van der Waals surface area contributed by atoms with Crippen LogP contribution in [0.15, 0.2) is 5.38 Å². The van der Waals surface area contributed by atoms with E-state index in [0.717, 1.165) is 36.4 Å². The van der Waals surface area contributed by atoms with Crippen molar-refractivity contribution in [1.82, 2.24) is 10.3 Å². The second kappa shape index (κ2) is 6.01. The average Bonchev–Trinajstić information content (AvgIpc) is 2.76. The van der Waals surface area contributed by atoms with Gasteiger partial charge in [0.15, 0.2) is 0 Å². The molecule has 106 valence electrons. The number of carbonyl (C=O) groups is 1. The fourth-order valence-electron chi connectivity index (χ4n) is 2.61. The first kappa shape index (κ1) is 14.5. The molecule has 1 saturated carbocycles. The second-order valence-corrected chi connectivity index (χ2v) is 6.47. The van der Waals surface area contributed by atoms with Crippen molar-refractivity contribution in [2.24, 2.45) is 0 Å². The Morgan fingerprint density at radius 1 is 1.53 bits per heavy atom. The first-order valence-corrected chi connectivity index (χ1v) is 7.80. The molecule has 1 heterocycles. The number of thiazole rings is 1. The Labute approximate surface area is 118 Å². The molecule has 4 nitrogen and oxygen atoms in total. The van der Waals surface area contributed by atoms with Gasteiger partial charge in [0.05, 0.1) is 18.1 Å². The van der Waals surface area contributed by atoms with E-state index in [0.29, 0.717) is 0 Å². The summed E-state index contributed by atoms with van der Waals surface area (Å²) in [6.07, 6.45) is 4.90. The summed E-state index contributed by atoms with van der Waals surface area (Å²) in [4.78, 5) is 16.4. The van der Waals surface area contributed by atoms with E-state index >= 15 is 0 Å². The van der Waals surface area contributed by atoms with Crippen LogP contribution in [0.2, 0.25) is 0 Å². The Balaban J connectivity index is 1.87. The molecule has 0 spiro atoms. The van der Waals surface area contributed by atoms with Gasteiger partial charge in [-0.1, -0.05) is 19.3 Å². The molecule has 1 unspecified atom stereocenters. The van der Waals surface area contributed by atoms with Gasteiger partial charge in [0.1, 0.15) is 5.01 Å². The van der Waals surface area contributed by atoms with Crippen LogP contribution in [0, 0.1) is 6.92 Å². The minimum Gasteiger partial charge on any atom is -0.389 e. The monoisotopic (exact) mass is 282 g/mol. The van der Waals surface area contributed by atoms with Crippen LogP contribution in [-0.4, -0.2) is 21.6 Å². The first-order valence-electron chi connectivity index (χ1n) is 6.92. The zero-order valence-electron chi connectivity index (χ0n) is 11.6. The number of hydrogen-bond donors (Lipinski definition) is 2. The minimum atomic E-state index is -0.791. The van der Waals surface area contributed by atoms with Gasteiger partial charge in [-0.2, -0.15) is 0 Å². The number of carbonyl (C=O) groups excluding carboxylic acids is 1. The minimum absolute atomic E-state index is 0.0789. The lowest BCUT2D eigenvalue weighted by atomic mass is 9.82. The van der Waals surface area contributed by atoms with E-state index in [1.807, 2.05) is 19.2 Å². The van der Waals surface area contributed by atoms with E-state index < -0.39 is 5.60 Å². The lowest BCUT2D eigenvalue weighted by molar-refractivity contribution is -0.128. The summed E-state index contributed by atoms with van der Waals surface area (Å²) in [5.74, 6) is -0.0789. The molecule has 1 aliphatic rings. The van der Waals surface area contributed by atoms with Crippen molar-refractivity contribution < 1.29 is 9.90 Å². The lowest BCUT2D eigenvalue weighted by Gasteiger charge is -2.31. The third-order valence-electron chi connectivity index (χ3n) is 3.66. The lowest BCUT2D eigenvalue weighted by Crippen LogP contribution is -2.39. The van der Waals surface area contributed by atoms with E-state index in [9.17, 15) is 9.90 Å². The number of hydrogen-bond acceptors (Lipinski definition) is 4. The SMILES string of the molecule is Cc1csc(C(C)NC(=O)CC2(O)CCCCC2)n1. The number of nitrogens with zero attached hydrogens (tertiary/aromatic N) is 1. The van der Waals surface area contributed by atoms with E-state index in [4.69, 9.17) is 0 Å². The maximum absolute atomic E-state index is 12.0. The maximum atomic E-state index is 12.0. The highest BCUT2D eigenvalue weighted by Gasteiger charge is 2.32. The predicted octanol–water partition coefficient (Wildman–Crippen LogP) is 2.71. The third kappa shape index (κ3) is 4.01. The van der Waals surface area contributed by atoms with Gasteiger partial charge in [-0.25, -0.2) is 4.98 Å². The number of aliphatic hydroxyl groups is 1. The van der Waals surface area contributed by atoms with Crippen LogP contribution in [0.5, 0.6) is 0 Å². The molecule has 1 fully saturated rings. The molecular weight excluding hydrogens is 260 g/mol. The molecule has 0 radical (unpaired) electrons. The van der Waals surface area contributed by atoms with Crippen molar-refractivity contribution in [3.05, 3.63) is 16.1 Å².